The van der Waals surface area contributed by atoms with E-state index in [0.717, 1.165) is 56.3 Å². The van der Waals surface area contributed by atoms with E-state index < -0.39 is 5.60 Å². The number of carbonyl (C=O) groups excluding carboxylic acids is 1. The van der Waals surface area contributed by atoms with Gasteiger partial charge in [-0.2, -0.15) is 5.10 Å². The van der Waals surface area contributed by atoms with Crippen LogP contribution in [0, 0.1) is 11.8 Å². The molecule has 1 N–H and O–H groups in total. The quantitative estimate of drug-likeness (QED) is 0.891. The second kappa shape index (κ2) is 5.79. The molecule has 1 aromatic heterocycles. The zero-order chi connectivity index (χ0) is 17.0. The van der Waals surface area contributed by atoms with Crippen LogP contribution < -0.4 is 0 Å². The average molecular weight is 344 g/mol. The topological polar surface area (TPSA) is 71.1 Å². The van der Waals surface area contributed by atoms with E-state index in [1.165, 1.54) is 25.7 Å². The molecule has 1 aliphatic heterocycles. The van der Waals surface area contributed by atoms with E-state index in [2.05, 4.69) is 15.1 Å². The standard InChI is InChI=1S/C19H28N4O2/c1-25-19(8-2-3-9-19)18(24)23-10-14(12-4-5-12)15(11-23)17-20-16(21-22-17)13-6-7-13/h12-15H,2-11H2,1H3,(H,20,21,22)/t14-,15+/m1/s1. The molecule has 4 fully saturated rings. The Balaban J connectivity index is 1.37. The summed E-state index contributed by atoms with van der Waals surface area (Å²) in [5, 5.41) is 7.65. The molecule has 1 aromatic rings. The lowest BCUT2D eigenvalue weighted by Gasteiger charge is -2.31. The van der Waals surface area contributed by atoms with Crippen LogP contribution in [0.25, 0.3) is 0 Å². The van der Waals surface area contributed by atoms with Gasteiger partial charge in [0, 0.05) is 32.0 Å². The summed E-state index contributed by atoms with van der Waals surface area (Å²) in [6.45, 7) is 1.63. The molecule has 5 rings (SSSR count). The molecule has 1 amide bonds. The fraction of sp³-hybridized carbons (Fsp3) is 0.842. The lowest BCUT2D eigenvalue weighted by atomic mass is 9.91. The number of methoxy groups -OCH3 is 1. The van der Waals surface area contributed by atoms with Crippen LogP contribution in [-0.4, -0.2) is 51.8 Å². The Labute approximate surface area is 148 Å². The summed E-state index contributed by atoms with van der Waals surface area (Å²) >= 11 is 0. The van der Waals surface area contributed by atoms with Crippen molar-refractivity contribution < 1.29 is 9.53 Å². The van der Waals surface area contributed by atoms with Gasteiger partial charge in [0.05, 0.1) is 0 Å². The van der Waals surface area contributed by atoms with Gasteiger partial charge in [-0.15, -0.1) is 0 Å². The highest BCUT2D eigenvalue weighted by molar-refractivity contribution is 5.86. The molecule has 0 unspecified atom stereocenters. The second-order valence-corrected chi connectivity index (χ2v) is 8.58. The molecule has 1 saturated heterocycles. The maximum absolute atomic E-state index is 13.2. The number of aromatic nitrogens is 3. The number of H-pyrrole nitrogens is 1. The van der Waals surface area contributed by atoms with Crippen molar-refractivity contribution >= 4 is 5.91 Å². The van der Waals surface area contributed by atoms with Gasteiger partial charge in [0.25, 0.3) is 5.91 Å². The molecule has 3 aliphatic carbocycles. The monoisotopic (exact) mass is 344 g/mol. The summed E-state index contributed by atoms with van der Waals surface area (Å²) in [6.07, 6.45) is 8.94. The Kier molecular flexibility index (Phi) is 3.66. The van der Waals surface area contributed by atoms with Crippen LogP contribution in [0.5, 0.6) is 0 Å². The largest absolute Gasteiger partial charge is 0.368 e. The van der Waals surface area contributed by atoms with E-state index in [-0.39, 0.29) is 5.91 Å². The summed E-state index contributed by atoms with van der Waals surface area (Å²) in [7, 11) is 1.70. The van der Waals surface area contributed by atoms with Crippen molar-refractivity contribution in [2.24, 2.45) is 11.8 Å². The minimum atomic E-state index is -0.566. The van der Waals surface area contributed by atoms with Gasteiger partial charge < -0.3 is 9.64 Å². The molecule has 6 heteroatoms. The van der Waals surface area contributed by atoms with Crippen molar-refractivity contribution in [2.75, 3.05) is 20.2 Å². The third-order valence-corrected chi connectivity index (χ3v) is 6.89. The van der Waals surface area contributed by atoms with Gasteiger partial charge in [-0.25, -0.2) is 4.98 Å². The SMILES string of the molecule is COC1(C(=O)N2C[C@H](c3nc(C4CC4)n[nH]3)[C@@H](C3CC3)C2)CCCC1. The van der Waals surface area contributed by atoms with Gasteiger partial charge in [-0.3, -0.25) is 9.89 Å². The van der Waals surface area contributed by atoms with E-state index in [1.54, 1.807) is 7.11 Å². The minimum absolute atomic E-state index is 0.211. The van der Waals surface area contributed by atoms with Gasteiger partial charge in [0.15, 0.2) is 5.82 Å². The number of carbonyl (C=O) groups is 1. The predicted molar refractivity (Wildman–Crippen MR) is 92.1 cm³/mol. The Morgan fingerprint density at radius 1 is 1.20 bits per heavy atom. The number of likely N-dealkylation sites (tertiary alicyclic amines) is 1. The first kappa shape index (κ1) is 15.8. The first-order chi connectivity index (χ1) is 12.2. The predicted octanol–water partition coefficient (Wildman–Crippen LogP) is 2.59. The lowest BCUT2D eigenvalue weighted by molar-refractivity contribution is -0.153. The first-order valence-corrected chi connectivity index (χ1v) is 9.97. The number of ether oxygens (including phenoxy) is 1. The van der Waals surface area contributed by atoms with Gasteiger partial charge in [-0.05, 0) is 63.2 Å². The fourth-order valence-electron chi connectivity index (χ4n) is 5.00. The summed E-state index contributed by atoms with van der Waals surface area (Å²) in [5.41, 5.74) is -0.566. The minimum Gasteiger partial charge on any atom is -0.368 e. The number of nitrogens with zero attached hydrogens (tertiary/aromatic N) is 3. The average Bonchev–Trinajstić information content (AvgIpc) is 3.51. The molecular formula is C19H28N4O2. The van der Waals surface area contributed by atoms with E-state index in [9.17, 15) is 4.79 Å². The highest BCUT2D eigenvalue weighted by Crippen LogP contribution is 2.48. The van der Waals surface area contributed by atoms with Crippen LogP contribution in [0.15, 0.2) is 0 Å². The Morgan fingerprint density at radius 2 is 1.96 bits per heavy atom. The third-order valence-electron chi connectivity index (χ3n) is 6.89. The van der Waals surface area contributed by atoms with E-state index in [4.69, 9.17) is 9.72 Å². The molecule has 136 valence electrons. The molecule has 25 heavy (non-hydrogen) atoms. The van der Waals surface area contributed by atoms with E-state index in [0.29, 0.717) is 17.8 Å². The lowest BCUT2D eigenvalue weighted by Crippen LogP contribution is -2.48. The third kappa shape index (κ3) is 2.69. The molecule has 3 saturated carbocycles. The number of rotatable bonds is 5. The van der Waals surface area contributed by atoms with Crippen molar-refractivity contribution in [1.29, 1.82) is 0 Å². The summed E-state index contributed by atoms with van der Waals surface area (Å²) < 4.78 is 5.74. The normalized spacial score (nSPS) is 31.6. The van der Waals surface area contributed by atoms with Crippen LogP contribution in [0.2, 0.25) is 0 Å². The Bertz CT molecular complexity index is 658. The maximum Gasteiger partial charge on any atom is 0.254 e. The van der Waals surface area contributed by atoms with Crippen molar-refractivity contribution in [3.05, 3.63) is 11.6 Å². The van der Waals surface area contributed by atoms with Crippen LogP contribution in [0.3, 0.4) is 0 Å². The first-order valence-electron chi connectivity index (χ1n) is 9.97. The zero-order valence-corrected chi connectivity index (χ0v) is 15.0. The number of aromatic amines is 1. The summed E-state index contributed by atoms with van der Waals surface area (Å²) in [5.74, 6) is 4.36. The van der Waals surface area contributed by atoms with E-state index in [1.807, 2.05) is 0 Å². The van der Waals surface area contributed by atoms with Crippen LogP contribution in [-0.2, 0) is 9.53 Å². The van der Waals surface area contributed by atoms with Gasteiger partial charge >= 0.3 is 0 Å². The van der Waals surface area contributed by atoms with Crippen molar-refractivity contribution in [3.8, 4) is 0 Å². The molecule has 0 aromatic carbocycles. The highest BCUT2D eigenvalue weighted by atomic mass is 16.5. The van der Waals surface area contributed by atoms with Crippen LogP contribution >= 0.6 is 0 Å². The molecule has 2 heterocycles. The molecule has 0 radical (unpaired) electrons. The highest BCUT2D eigenvalue weighted by Gasteiger charge is 2.51. The van der Waals surface area contributed by atoms with Gasteiger partial charge in [-0.1, -0.05) is 0 Å². The van der Waals surface area contributed by atoms with Crippen LogP contribution in [0.1, 0.15) is 74.9 Å². The summed E-state index contributed by atoms with van der Waals surface area (Å²) in [6, 6.07) is 0. The van der Waals surface area contributed by atoms with Crippen molar-refractivity contribution in [3.63, 3.8) is 0 Å². The molecule has 4 aliphatic rings. The number of hydrogen-bond donors (Lipinski definition) is 1. The number of amides is 1. The van der Waals surface area contributed by atoms with Crippen LogP contribution in [0.4, 0.5) is 0 Å². The van der Waals surface area contributed by atoms with E-state index >= 15 is 0 Å². The van der Waals surface area contributed by atoms with Crippen molar-refractivity contribution in [2.45, 2.75) is 68.8 Å². The second-order valence-electron chi connectivity index (χ2n) is 8.58. The number of nitrogens with one attached hydrogen (secondary N) is 1. The summed E-state index contributed by atoms with van der Waals surface area (Å²) in [4.78, 5) is 20.1. The zero-order valence-electron chi connectivity index (χ0n) is 15.0. The maximum atomic E-state index is 13.2. The number of hydrogen-bond acceptors (Lipinski definition) is 4. The smallest absolute Gasteiger partial charge is 0.254 e. The van der Waals surface area contributed by atoms with Gasteiger partial charge in [0.1, 0.15) is 11.4 Å². The fourth-order valence-corrected chi connectivity index (χ4v) is 5.00. The van der Waals surface area contributed by atoms with Crippen molar-refractivity contribution in [1.82, 2.24) is 20.1 Å². The molecule has 0 bridgehead atoms. The molecule has 0 spiro atoms. The molecule has 6 nitrogen and oxygen atoms in total. The Hall–Kier alpha value is -1.43. The van der Waals surface area contributed by atoms with Gasteiger partial charge in [0.2, 0.25) is 0 Å². The molecular weight excluding hydrogens is 316 g/mol. The Morgan fingerprint density at radius 3 is 2.60 bits per heavy atom. The molecule has 2 atom stereocenters.